The molecule has 0 aliphatic heterocycles. The van der Waals surface area contributed by atoms with Gasteiger partial charge in [-0.3, -0.25) is 4.79 Å². The largest absolute Gasteiger partial charge is 0.441 e. The molecule has 0 bridgehead atoms. The maximum Gasteiger partial charge on any atom is 0.217 e. The van der Waals surface area contributed by atoms with Gasteiger partial charge in [0.05, 0.1) is 0 Å². The Morgan fingerprint density at radius 1 is 1.25 bits per heavy atom. The van der Waals surface area contributed by atoms with Crippen LogP contribution in [-0.2, 0) is 11.2 Å². The van der Waals surface area contributed by atoms with Crippen LogP contribution in [0.1, 0.15) is 12.3 Å². The third-order valence-electron chi connectivity index (χ3n) is 3.97. The molecule has 2 aromatic carbocycles. The minimum absolute atomic E-state index is 0.202. The minimum Gasteiger partial charge on any atom is -0.441 e. The van der Waals surface area contributed by atoms with Gasteiger partial charge in [-0.2, -0.15) is 0 Å². The summed E-state index contributed by atoms with van der Waals surface area (Å²) >= 11 is 0. The highest BCUT2D eigenvalue weighted by Gasteiger charge is 2.11. The highest BCUT2D eigenvalue weighted by atomic mass is 19.1. The van der Waals surface area contributed by atoms with E-state index in [9.17, 15) is 9.18 Å². The number of nitrogens with zero attached hydrogens (tertiary/aromatic N) is 1. The second-order valence-electron chi connectivity index (χ2n) is 5.65. The molecule has 4 rings (SSSR count). The lowest BCUT2D eigenvalue weighted by atomic mass is 10.0. The van der Waals surface area contributed by atoms with Crippen molar-refractivity contribution in [3.63, 3.8) is 0 Å². The van der Waals surface area contributed by atoms with Crippen molar-refractivity contribution < 1.29 is 13.6 Å². The number of rotatable bonds is 4. The molecule has 0 saturated carbocycles. The number of halogens is 1. The number of hydrogen-bond acceptors (Lipinski definition) is 3. The number of carbonyl (C=O) groups excluding carboxylic acids is 1. The summed E-state index contributed by atoms with van der Waals surface area (Å²) in [6, 6.07) is 10.3. The minimum atomic E-state index is -0.385. The molecule has 0 aliphatic rings. The van der Waals surface area contributed by atoms with Crippen LogP contribution in [0.3, 0.4) is 0 Å². The summed E-state index contributed by atoms with van der Waals surface area (Å²) in [5, 5.41) is 0.934. The average molecular weight is 323 g/mol. The monoisotopic (exact) mass is 323 g/mol. The van der Waals surface area contributed by atoms with Gasteiger partial charge in [-0.05, 0) is 35.9 Å². The van der Waals surface area contributed by atoms with E-state index in [2.05, 4.69) is 9.97 Å². The lowest BCUT2D eigenvalue weighted by Gasteiger charge is -1.99. The standard InChI is InChI=1S/C18H14FN3O2/c19-11-2-3-12-13(9-21-15(12)8-11)10-1-4-14-16(7-10)24-18(22-14)6-5-17(20)23/h1-4,7-9,21H,5-6H2,(H2,20,23). The first-order chi connectivity index (χ1) is 11.6. The summed E-state index contributed by atoms with van der Waals surface area (Å²) in [5.74, 6) is -0.174. The number of nitrogens with one attached hydrogen (secondary N) is 1. The molecule has 1 amide bonds. The molecule has 2 heterocycles. The predicted molar refractivity (Wildman–Crippen MR) is 88.8 cm³/mol. The number of nitrogens with two attached hydrogens (primary N) is 1. The lowest BCUT2D eigenvalue weighted by molar-refractivity contribution is -0.118. The molecule has 3 N–H and O–H groups in total. The highest BCUT2D eigenvalue weighted by molar-refractivity contribution is 5.97. The Kier molecular flexibility index (Phi) is 3.30. The first kappa shape index (κ1) is 14.4. The Morgan fingerprint density at radius 2 is 2.12 bits per heavy atom. The van der Waals surface area contributed by atoms with E-state index in [-0.39, 0.29) is 18.1 Å². The molecule has 0 radical (unpaired) electrons. The maximum atomic E-state index is 13.3. The van der Waals surface area contributed by atoms with E-state index in [1.54, 1.807) is 6.07 Å². The number of aromatic nitrogens is 2. The summed E-state index contributed by atoms with van der Waals surface area (Å²) < 4.78 is 19.0. The summed E-state index contributed by atoms with van der Waals surface area (Å²) in [6.45, 7) is 0. The number of oxazole rings is 1. The summed E-state index contributed by atoms with van der Waals surface area (Å²) in [6.07, 6.45) is 2.43. The van der Waals surface area contributed by atoms with E-state index < -0.39 is 0 Å². The molecule has 5 nitrogen and oxygen atoms in total. The predicted octanol–water partition coefficient (Wildman–Crippen LogP) is 3.53. The van der Waals surface area contributed by atoms with Crippen LogP contribution in [0.2, 0.25) is 0 Å². The number of hydrogen-bond donors (Lipinski definition) is 2. The molecule has 0 spiro atoms. The van der Waals surface area contributed by atoms with Crippen LogP contribution in [0.25, 0.3) is 33.1 Å². The molecule has 2 aromatic heterocycles. The third kappa shape index (κ3) is 2.52. The zero-order chi connectivity index (χ0) is 16.7. The molecule has 24 heavy (non-hydrogen) atoms. The van der Waals surface area contributed by atoms with Gasteiger partial charge in [-0.1, -0.05) is 6.07 Å². The number of carbonyl (C=O) groups is 1. The lowest BCUT2D eigenvalue weighted by Crippen LogP contribution is -2.11. The molecule has 0 saturated heterocycles. The van der Waals surface area contributed by atoms with Gasteiger partial charge in [-0.25, -0.2) is 9.37 Å². The summed E-state index contributed by atoms with van der Waals surface area (Å²) in [5.41, 5.74) is 9.16. The van der Waals surface area contributed by atoms with Gasteiger partial charge in [0.25, 0.3) is 0 Å². The zero-order valence-corrected chi connectivity index (χ0v) is 12.7. The summed E-state index contributed by atoms with van der Waals surface area (Å²) in [4.78, 5) is 18.3. The van der Waals surface area contributed by atoms with Crippen LogP contribution < -0.4 is 5.73 Å². The van der Waals surface area contributed by atoms with Crippen molar-refractivity contribution in [1.82, 2.24) is 9.97 Å². The number of fused-ring (bicyclic) bond motifs is 2. The van der Waals surface area contributed by atoms with Crippen LogP contribution in [-0.4, -0.2) is 15.9 Å². The van der Waals surface area contributed by atoms with E-state index in [0.717, 1.165) is 27.5 Å². The summed E-state index contributed by atoms with van der Waals surface area (Å²) in [7, 11) is 0. The van der Waals surface area contributed by atoms with Crippen molar-refractivity contribution in [1.29, 1.82) is 0 Å². The number of aromatic amines is 1. The molecule has 0 atom stereocenters. The van der Waals surface area contributed by atoms with Crippen molar-refractivity contribution >= 4 is 27.9 Å². The fraction of sp³-hybridized carbons (Fsp3) is 0.111. The Morgan fingerprint density at radius 3 is 2.96 bits per heavy atom. The number of benzene rings is 2. The number of H-pyrrole nitrogens is 1. The topological polar surface area (TPSA) is 84.9 Å². The van der Waals surface area contributed by atoms with Crippen LogP contribution in [0.4, 0.5) is 4.39 Å². The van der Waals surface area contributed by atoms with Crippen LogP contribution in [0.5, 0.6) is 0 Å². The van der Waals surface area contributed by atoms with Crippen LogP contribution in [0, 0.1) is 5.82 Å². The molecule has 0 aliphatic carbocycles. The Hall–Kier alpha value is -3.15. The Labute approximate surface area is 136 Å². The average Bonchev–Trinajstić information content (AvgIpc) is 3.14. The number of primary amides is 1. The second kappa shape index (κ2) is 5.49. The van der Waals surface area contributed by atoms with Crippen LogP contribution in [0.15, 0.2) is 47.0 Å². The van der Waals surface area contributed by atoms with E-state index in [0.29, 0.717) is 17.9 Å². The van der Waals surface area contributed by atoms with Crippen molar-refractivity contribution in [3.8, 4) is 11.1 Å². The van der Waals surface area contributed by atoms with Gasteiger partial charge in [0.2, 0.25) is 5.91 Å². The molecular weight excluding hydrogens is 309 g/mol. The molecular formula is C18H14FN3O2. The smallest absolute Gasteiger partial charge is 0.217 e. The Bertz CT molecular complexity index is 1060. The molecule has 0 fully saturated rings. The van der Waals surface area contributed by atoms with Gasteiger partial charge in [0.15, 0.2) is 11.5 Å². The molecule has 4 aromatic rings. The second-order valence-corrected chi connectivity index (χ2v) is 5.65. The zero-order valence-electron chi connectivity index (χ0n) is 12.7. The van der Waals surface area contributed by atoms with Gasteiger partial charge in [0.1, 0.15) is 11.3 Å². The van der Waals surface area contributed by atoms with Crippen molar-refractivity contribution in [2.24, 2.45) is 5.73 Å². The van der Waals surface area contributed by atoms with Crippen molar-refractivity contribution in [3.05, 3.63) is 54.3 Å². The van der Waals surface area contributed by atoms with Gasteiger partial charge >= 0.3 is 0 Å². The fourth-order valence-corrected chi connectivity index (χ4v) is 2.81. The first-order valence-electron chi connectivity index (χ1n) is 7.55. The number of aryl methyl sites for hydroxylation is 1. The van der Waals surface area contributed by atoms with E-state index >= 15 is 0 Å². The van der Waals surface area contributed by atoms with E-state index in [1.165, 1.54) is 12.1 Å². The van der Waals surface area contributed by atoms with Crippen molar-refractivity contribution in [2.45, 2.75) is 12.8 Å². The fourth-order valence-electron chi connectivity index (χ4n) is 2.81. The molecule has 6 heteroatoms. The van der Waals surface area contributed by atoms with E-state index in [4.69, 9.17) is 10.2 Å². The van der Waals surface area contributed by atoms with E-state index in [1.807, 2.05) is 24.4 Å². The van der Waals surface area contributed by atoms with Gasteiger partial charge < -0.3 is 15.1 Å². The van der Waals surface area contributed by atoms with Gasteiger partial charge in [0, 0.05) is 35.5 Å². The number of amides is 1. The molecule has 120 valence electrons. The van der Waals surface area contributed by atoms with Gasteiger partial charge in [-0.15, -0.1) is 0 Å². The van der Waals surface area contributed by atoms with Crippen LogP contribution >= 0.6 is 0 Å². The highest BCUT2D eigenvalue weighted by Crippen LogP contribution is 2.31. The Balaban J connectivity index is 1.74. The normalized spacial score (nSPS) is 11.4. The quantitative estimate of drug-likeness (QED) is 0.602. The third-order valence-corrected chi connectivity index (χ3v) is 3.97. The first-order valence-corrected chi connectivity index (χ1v) is 7.55. The molecule has 0 unspecified atom stereocenters. The SMILES string of the molecule is NC(=O)CCc1nc2ccc(-c3c[nH]c4cc(F)ccc34)cc2o1. The van der Waals surface area contributed by atoms with Crippen molar-refractivity contribution in [2.75, 3.05) is 0 Å². The maximum absolute atomic E-state index is 13.3.